The van der Waals surface area contributed by atoms with Crippen molar-refractivity contribution in [3.63, 3.8) is 0 Å². The average molecular weight is 305 g/mol. The van der Waals surface area contributed by atoms with Crippen LogP contribution < -0.4 is 0 Å². The molecule has 0 radical (unpaired) electrons. The van der Waals surface area contributed by atoms with Crippen molar-refractivity contribution >= 4 is 51.1 Å². The van der Waals surface area contributed by atoms with Gasteiger partial charge in [0.1, 0.15) is 5.01 Å². The Kier molecular flexibility index (Phi) is 2.75. The molecule has 0 aliphatic heterocycles. The van der Waals surface area contributed by atoms with Gasteiger partial charge in [-0.25, -0.2) is 9.50 Å². The standard InChI is InChI=1S/C10H4Cl3N3S/c11-6-3-1-2-5(8(6)13)9-15-16-4-7(12)14-10(16)17-9/h1-4H. The summed E-state index contributed by atoms with van der Waals surface area (Å²) in [5.74, 6) is 0. The van der Waals surface area contributed by atoms with Crippen LogP contribution in [0, 0.1) is 0 Å². The Labute approximate surface area is 116 Å². The first-order valence-electron chi connectivity index (χ1n) is 4.61. The molecule has 2 heterocycles. The van der Waals surface area contributed by atoms with Crippen LogP contribution in [0.25, 0.3) is 15.5 Å². The number of hydrogen-bond donors (Lipinski definition) is 0. The van der Waals surface area contributed by atoms with Gasteiger partial charge in [0.15, 0.2) is 5.15 Å². The van der Waals surface area contributed by atoms with Crippen molar-refractivity contribution in [1.29, 1.82) is 0 Å². The maximum Gasteiger partial charge on any atom is 0.213 e. The fourth-order valence-electron chi connectivity index (χ4n) is 1.45. The summed E-state index contributed by atoms with van der Waals surface area (Å²) in [5, 5.41) is 6.54. The predicted molar refractivity (Wildman–Crippen MR) is 71.3 cm³/mol. The minimum Gasteiger partial charge on any atom is -0.209 e. The molecule has 0 atom stereocenters. The second-order valence-corrected chi connectivity index (χ2v) is 5.43. The van der Waals surface area contributed by atoms with E-state index in [2.05, 4.69) is 10.1 Å². The maximum atomic E-state index is 6.13. The van der Waals surface area contributed by atoms with Crippen molar-refractivity contribution in [3.8, 4) is 10.6 Å². The van der Waals surface area contributed by atoms with Crippen molar-refractivity contribution < 1.29 is 0 Å². The molecule has 86 valence electrons. The van der Waals surface area contributed by atoms with E-state index in [-0.39, 0.29) is 0 Å². The van der Waals surface area contributed by atoms with Crippen molar-refractivity contribution in [3.05, 3.63) is 39.6 Å². The Morgan fingerprint density at radius 3 is 2.76 bits per heavy atom. The van der Waals surface area contributed by atoms with Crippen molar-refractivity contribution in [1.82, 2.24) is 14.6 Å². The number of hydrogen-bond acceptors (Lipinski definition) is 3. The molecule has 0 bridgehead atoms. The Balaban J connectivity index is 2.20. The van der Waals surface area contributed by atoms with E-state index in [1.807, 2.05) is 12.1 Å². The van der Waals surface area contributed by atoms with Crippen LogP contribution in [-0.4, -0.2) is 14.6 Å². The molecule has 0 unspecified atom stereocenters. The Morgan fingerprint density at radius 1 is 1.18 bits per heavy atom. The molecule has 0 aliphatic carbocycles. The van der Waals surface area contributed by atoms with Crippen LogP contribution in [0.1, 0.15) is 0 Å². The lowest BCUT2D eigenvalue weighted by atomic mass is 10.2. The number of benzene rings is 1. The molecule has 7 heteroatoms. The van der Waals surface area contributed by atoms with Crippen LogP contribution in [0.15, 0.2) is 24.4 Å². The SMILES string of the molecule is Clc1cn2nc(-c3cccc(Cl)c3Cl)sc2n1. The third kappa shape index (κ3) is 1.91. The summed E-state index contributed by atoms with van der Waals surface area (Å²) >= 11 is 19.3. The lowest BCUT2D eigenvalue weighted by Crippen LogP contribution is -1.83. The molecule has 3 rings (SSSR count). The zero-order chi connectivity index (χ0) is 12.0. The second-order valence-electron chi connectivity index (χ2n) is 3.30. The van der Waals surface area contributed by atoms with Crippen LogP contribution in [0.3, 0.4) is 0 Å². The first-order valence-corrected chi connectivity index (χ1v) is 6.56. The van der Waals surface area contributed by atoms with Crippen LogP contribution >= 0.6 is 46.1 Å². The number of imidazole rings is 1. The second kappa shape index (κ2) is 4.14. The minimum atomic E-state index is 0.424. The van der Waals surface area contributed by atoms with Gasteiger partial charge in [-0.1, -0.05) is 58.3 Å². The molecular weight excluding hydrogens is 301 g/mol. The van der Waals surface area contributed by atoms with Gasteiger partial charge in [-0.05, 0) is 6.07 Å². The molecule has 1 aromatic carbocycles. The van der Waals surface area contributed by atoms with Gasteiger partial charge in [-0.2, -0.15) is 5.10 Å². The summed E-state index contributed by atoms with van der Waals surface area (Å²) in [6.45, 7) is 0. The number of aromatic nitrogens is 3. The molecule has 0 N–H and O–H groups in total. The number of rotatable bonds is 1. The normalized spacial score (nSPS) is 11.2. The molecular formula is C10H4Cl3N3S. The van der Waals surface area contributed by atoms with Crippen LogP contribution in [0.2, 0.25) is 15.2 Å². The zero-order valence-electron chi connectivity index (χ0n) is 8.19. The highest BCUT2D eigenvalue weighted by Crippen LogP contribution is 2.35. The first kappa shape index (κ1) is 11.3. The van der Waals surface area contributed by atoms with Gasteiger partial charge in [0.05, 0.1) is 16.2 Å². The van der Waals surface area contributed by atoms with Crippen molar-refractivity contribution in [2.24, 2.45) is 0 Å². The molecule has 0 saturated heterocycles. The quantitative estimate of drug-likeness (QED) is 0.666. The Bertz CT molecular complexity index is 672. The fraction of sp³-hybridized carbons (Fsp3) is 0. The number of fused-ring (bicyclic) bond motifs is 1. The van der Waals surface area contributed by atoms with Crippen molar-refractivity contribution in [2.45, 2.75) is 0 Å². The van der Waals surface area contributed by atoms with E-state index >= 15 is 0 Å². The lowest BCUT2D eigenvalue weighted by Gasteiger charge is -2.00. The molecule has 2 aromatic heterocycles. The summed E-state index contributed by atoms with van der Waals surface area (Å²) in [7, 11) is 0. The van der Waals surface area contributed by atoms with E-state index in [9.17, 15) is 0 Å². The smallest absolute Gasteiger partial charge is 0.209 e. The van der Waals surface area contributed by atoms with Gasteiger partial charge in [0, 0.05) is 5.56 Å². The molecule has 17 heavy (non-hydrogen) atoms. The molecule has 3 nitrogen and oxygen atoms in total. The third-order valence-corrected chi connectivity index (χ3v) is 4.15. The zero-order valence-corrected chi connectivity index (χ0v) is 11.3. The topological polar surface area (TPSA) is 30.2 Å². The average Bonchev–Trinajstić information content (AvgIpc) is 2.79. The van der Waals surface area contributed by atoms with Crippen LogP contribution in [-0.2, 0) is 0 Å². The summed E-state index contributed by atoms with van der Waals surface area (Å²) in [5.41, 5.74) is 0.797. The van der Waals surface area contributed by atoms with Crippen LogP contribution in [0.4, 0.5) is 0 Å². The Morgan fingerprint density at radius 2 is 2.00 bits per heavy atom. The van der Waals surface area contributed by atoms with Crippen molar-refractivity contribution in [2.75, 3.05) is 0 Å². The summed E-state index contributed by atoms with van der Waals surface area (Å²) in [4.78, 5) is 4.84. The molecule has 0 saturated carbocycles. The summed E-state index contributed by atoms with van der Waals surface area (Å²) in [6, 6.07) is 5.44. The third-order valence-electron chi connectivity index (χ3n) is 2.20. The minimum absolute atomic E-state index is 0.424. The van der Waals surface area contributed by atoms with E-state index in [1.54, 1.807) is 16.8 Å². The molecule has 0 amide bonds. The highest BCUT2D eigenvalue weighted by Gasteiger charge is 2.13. The largest absolute Gasteiger partial charge is 0.213 e. The molecule has 0 spiro atoms. The monoisotopic (exact) mass is 303 g/mol. The molecule has 0 aliphatic rings. The number of halogens is 3. The number of nitrogens with zero attached hydrogens (tertiary/aromatic N) is 3. The van der Waals surface area contributed by atoms with Gasteiger partial charge in [-0.3, -0.25) is 0 Å². The fourth-order valence-corrected chi connectivity index (χ4v) is 3.03. The Hall–Kier alpha value is -0.810. The van der Waals surface area contributed by atoms with E-state index in [0.29, 0.717) is 15.2 Å². The van der Waals surface area contributed by atoms with Crippen LogP contribution in [0.5, 0.6) is 0 Å². The highest BCUT2D eigenvalue weighted by atomic mass is 35.5. The summed E-state index contributed by atoms with van der Waals surface area (Å²) < 4.78 is 1.62. The maximum absolute atomic E-state index is 6.13. The van der Waals surface area contributed by atoms with Gasteiger partial charge in [0.2, 0.25) is 4.96 Å². The van der Waals surface area contributed by atoms with Gasteiger partial charge >= 0.3 is 0 Å². The summed E-state index contributed by atoms with van der Waals surface area (Å²) in [6.07, 6.45) is 1.65. The lowest BCUT2D eigenvalue weighted by molar-refractivity contribution is 0.978. The predicted octanol–water partition coefficient (Wildman–Crippen LogP) is 4.42. The van der Waals surface area contributed by atoms with Gasteiger partial charge < -0.3 is 0 Å². The van der Waals surface area contributed by atoms with Gasteiger partial charge in [0.25, 0.3) is 0 Å². The molecule has 0 fully saturated rings. The highest BCUT2D eigenvalue weighted by molar-refractivity contribution is 7.19. The van der Waals surface area contributed by atoms with E-state index in [0.717, 1.165) is 15.5 Å². The van der Waals surface area contributed by atoms with E-state index in [4.69, 9.17) is 34.8 Å². The van der Waals surface area contributed by atoms with Gasteiger partial charge in [-0.15, -0.1) is 0 Å². The van der Waals surface area contributed by atoms with E-state index < -0.39 is 0 Å². The first-order chi connectivity index (χ1) is 8.15. The molecule has 3 aromatic rings. The van der Waals surface area contributed by atoms with E-state index in [1.165, 1.54) is 11.3 Å².